The summed E-state index contributed by atoms with van der Waals surface area (Å²) in [4.78, 5) is 0. The normalized spacial score (nSPS) is 30.9. The van der Waals surface area contributed by atoms with Crippen LogP contribution in [0.2, 0.25) is 5.02 Å². The van der Waals surface area contributed by atoms with Gasteiger partial charge >= 0.3 is 0 Å². The number of hydrogen-bond donors (Lipinski definition) is 1. The summed E-state index contributed by atoms with van der Waals surface area (Å²) in [6, 6.07) is 5.02. The molecule has 2 rings (SSSR count). The molecule has 18 heavy (non-hydrogen) atoms. The molecule has 1 N–H and O–H groups in total. The van der Waals surface area contributed by atoms with Gasteiger partial charge in [0.05, 0.1) is 5.02 Å². The minimum atomic E-state index is -0.395. The highest BCUT2D eigenvalue weighted by Gasteiger charge is 2.51. The molecule has 1 aliphatic rings. The first-order valence-electron chi connectivity index (χ1n) is 6.30. The summed E-state index contributed by atoms with van der Waals surface area (Å²) in [6.07, 6.45) is 1.87. The molecular formula is C14H19ClFNO. The van der Waals surface area contributed by atoms with Crippen molar-refractivity contribution in [2.45, 2.75) is 38.8 Å². The molecule has 0 aromatic heterocycles. The van der Waals surface area contributed by atoms with Crippen molar-refractivity contribution in [2.24, 2.45) is 5.41 Å². The number of ether oxygens (including phenoxy) is 1. The first kappa shape index (κ1) is 13.6. The molecule has 0 radical (unpaired) electrons. The van der Waals surface area contributed by atoms with Crippen LogP contribution in [0.15, 0.2) is 18.2 Å². The minimum Gasteiger partial charge on any atom is -0.485 e. The Bertz CT molecular complexity index is 420. The van der Waals surface area contributed by atoms with Gasteiger partial charge in [-0.1, -0.05) is 31.5 Å². The molecule has 100 valence electrons. The van der Waals surface area contributed by atoms with Gasteiger partial charge in [0.2, 0.25) is 0 Å². The van der Waals surface area contributed by atoms with Gasteiger partial charge in [-0.2, -0.15) is 0 Å². The summed E-state index contributed by atoms with van der Waals surface area (Å²) >= 11 is 5.98. The quantitative estimate of drug-likeness (QED) is 0.903. The minimum absolute atomic E-state index is 0.00866. The predicted octanol–water partition coefficient (Wildman–Crippen LogP) is 3.63. The van der Waals surface area contributed by atoms with Gasteiger partial charge in [0.1, 0.15) is 6.10 Å². The predicted molar refractivity (Wildman–Crippen MR) is 71.7 cm³/mol. The van der Waals surface area contributed by atoms with Crippen LogP contribution in [-0.4, -0.2) is 19.2 Å². The number of halogens is 2. The maximum absolute atomic E-state index is 13.7. The smallest absolute Gasteiger partial charge is 0.173 e. The Balaban J connectivity index is 2.16. The van der Waals surface area contributed by atoms with E-state index in [-0.39, 0.29) is 17.3 Å². The van der Waals surface area contributed by atoms with E-state index in [0.717, 1.165) is 12.8 Å². The van der Waals surface area contributed by atoms with Crippen LogP contribution >= 0.6 is 11.6 Å². The Morgan fingerprint density at radius 2 is 2.28 bits per heavy atom. The van der Waals surface area contributed by atoms with Crippen LogP contribution in [0, 0.1) is 11.2 Å². The monoisotopic (exact) mass is 271 g/mol. The zero-order chi connectivity index (χ0) is 13.3. The van der Waals surface area contributed by atoms with Crippen molar-refractivity contribution >= 4 is 11.6 Å². The van der Waals surface area contributed by atoms with Crippen molar-refractivity contribution in [3.05, 3.63) is 29.0 Å². The fourth-order valence-electron chi connectivity index (χ4n) is 2.66. The van der Waals surface area contributed by atoms with Crippen LogP contribution < -0.4 is 10.1 Å². The van der Waals surface area contributed by atoms with E-state index >= 15 is 0 Å². The third-order valence-electron chi connectivity index (χ3n) is 4.27. The van der Waals surface area contributed by atoms with Crippen molar-refractivity contribution in [1.82, 2.24) is 5.32 Å². The lowest BCUT2D eigenvalue weighted by Gasteiger charge is -2.53. The zero-order valence-electron chi connectivity index (χ0n) is 11.0. The van der Waals surface area contributed by atoms with Gasteiger partial charge in [-0.15, -0.1) is 0 Å². The third-order valence-corrected chi connectivity index (χ3v) is 4.57. The van der Waals surface area contributed by atoms with Gasteiger partial charge in [-0.25, -0.2) is 4.39 Å². The number of hydrogen-bond acceptors (Lipinski definition) is 2. The van der Waals surface area contributed by atoms with E-state index in [0.29, 0.717) is 11.1 Å². The second kappa shape index (κ2) is 5.06. The molecular weight excluding hydrogens is 253 g/mol. The highest BCUT2D eigenvalue weighted by molar-refractivity contribution is 6.32. The Labute approximate surface area is 112 Å². The van der Waals surface area contributed by atoms with Crippen molar-refractivity contribution < 1.29 is 9.13 Å². The standard InChI is InChI=1S/C14H19ClFNO/c1-4-14(2)11(17-3)8-12(14)18-13-9(15)6-5-7-10(13)16/h5-7,11-12,17H,4,8H2,1-3H3. The van der Waals surface area contributed by atoms with Gasteiger partial charge in [0.15, 0.2) is 11.6 Å². The fraction of sp³-hybridized carbons (Fsp3) is 0.571. The summed E-state index contributed by atoms with van der Waals surface area (Å²) in [7, 11) is 1.95. The SMILES string of the molecule is CCC1(C)C(NC)CC1Oc1c(F)cccc1Cl. The first-order valence-corrected chi connectivity index (χ1v) is 6.68. The molecule has 3 atom stereocenters. The van der Waals surface area contributed by atoms with E-state index in [9.17, 15) is 4.39 Å². The summed E-state index contributed by atoms with van der Waals surface area (Å²) in [6.45, 7) is 4.29. The van der Waals surface area contributed by atoms with Crippen molar-refractivity contribution in [1.29, 1.82) is 0 Å². The summed E-state index contributed by atoms with van der Waals surface area (Å²) in [5.74, 6) is -0.216. The molecule has 4 heteroatoms. The van der Waals surface area contributed by atoms with E-state index in [1.54, 1.807) is 12.1 Å². The Morgan fingerprint density at radius 1 is 1.56 bits per heavy atom. The van der Waals surface area contributed by atoms with Gasteiger partial charge < -0.3 is 10.1 Å². The molecule has 2 nitrogen and oxygen atoms in total. The molecule has 1 aliphatic carbocycles. The van der Waals surface area contributed by atoms with Crippen LogP contribution in [0.3, 0.4) is 0 Å². The van der Waals surface area contributed by atoms with Crippen molar-refractivity contribution in [3.63, 3.8) is 0 Å². The number of benzene rings is 1. The molecule has 1 fully saturated rings. The molecule has 0 saturated heterocycles. The van der Waals surface area contributed by atoms with Crippen molar-refractivity contribution in [3.8, 4) is 5.75 Å². The average Bonchev–Trinajstić information content (AvgIpc) is 2.35. The number of rotatable bonds is 4. The highest BCUT2D eigenvalue weighted by Crippen LogP contribution is 2.46. The summed E-state index contributed by atoms with van der Waals surface area (Å²) in [5, 5.41) is 3.62. The van der Waals surface area contributed by atoms with Crippen LogP contribution in [0.4, 0.5) is 4.39 Å². The molecule has 1 saturated carbocycles. The van der Waals surface area contributed by atoms with Gasteiger partial charge in [0, 0.05) is 17.9 Å². The molecule has 1 aromatic carbocycles. The van der Waals surface area contributed by atoms with E-state index in [4.69, 9.17) is 16.3 Å². The lowest BCUT2D eigenvalue weighted by atomic mass is 9.61. The number of para-hydroxylation sites is 1. The molecule has 0 aliphatic heterocycles. The Hall–Kier alpha value is -0.800. The average molecular weight is 272 g/mol. The maximum atomic E-state index is 13.7. The third kappa shape index (κ3) is 2.10. The van der Waals surface area contributed by atoms with E-state index in [2.05, 4.69) is 19.2 Å². The fourth-order valence-corrected chi connectivity index (χ4v) is 2.87. The van der Waals surface area contributed by atoms with E-state index < -0.39 is 5.82 Å². The molecule has 1 aromatic rings. The van der Waals surface area contributed by atoms with Crippen LogP contribution in [-0.2, 0) is 0 Å². The van der Waals surface area contributed by atoms with Gasteiger partial charge in [-0.05, 0) is 25.6 Å². The Kier molecular flexibility index (Phi) is 3.83. The summed E-state index contributed by atoms with van der Waals surface area (Å²) in [5.41, 5.74) is 0.0281. The highest BCUT2D eigenvalue weighted by atomic mass is 35.5. The summed E-state index contributed by atoms with van der Waals surface area (Å²) < 4.78 is 19.5. The van der Waals surface area contributed by atoms with E-state index in [1.807, 2.05) is 7.05 Å². The molecule has 0 heterocycles. The maximum Gasteiger partial charge on any atom is 0.173 e. The number of nitrogens with one attached hydrogen (secondary N) is 1. The Morgan fingerprint density at radius 3 is 2.83 bits per heavy atom. The zero-order valence-corrected chi connectivity index (χ0v) is 11.7. The first-order chi connectivity index (χ1) is 8.52. The second-order valence-corrected chi connectivity index (χ2v) is 5.50. The lowest BCUT2D eigenvalue weighted by Crippen LogP contribution is -2.62. The van der Waals surface area contributed by atoms with Crippen molar-refractivity contribution in [2.75, 3.05) is 7.05 Å². The van der Waals surface area contributed by atoms with Gasteiger partial charge in [0.25, 0.3) is 0 Å². The van der Waals surface area contributed by atoms with Crippen LogP contribution in [0.1, 0.15) is 26.7 Å². The topological polar surface area (TPSA) is 21.3 Å². The van der Waals surface area contributed by atoms with Gasteiger partial charge in [-0.3, -0.25) is 0 Å². The van der Waals surface area contributed by atoms with Crippen LogP contribution in [0.25, 0.3) is 0 Å². The van der Waals surface area contributed by atoms with Crippen LogP contribution in [0.5, 0.6) is 5.75 Å². The molecule has 3 unspecified atom stereocenters. The van der Waals surface area contributed by atoms with E-state index in [1.165, 1.54) is 6.07 Å². The largest absolute Gasteiger partial charge is 0.485 e. The molecule has 0 spiro atoms. The molecule has 0 amide bonds. The molecule has 0 bridgehead atoms. The second-order valence-electron chi connectivity index (χ2n) is 5.09. The lowest BCUT2D eigenvalue weighted by molar-refractivity contribution is -0.0692.